The summed E-state index contributed by atoms with van der Waals surface area (Å²) in [4.78, 5) is 12.0. The summed E-state index contributed by atoms with van der Waals surface area (Å²) in [5.41, 5.74) is 0.929. The Morgan fingerprint density at radius 2 is 2.00 bits per heavy atom. The zero-order valence-electron chi connectivity index (χ0n) is 12.7. The van der Waals surface area contributed by atoms with Crippen LogP contribution < -0.4 is 10.0 Å². The van der Waals surface area contributed by atoms with Crippen LogP contribution in [0.15, 0.2) is 39.8 Å². The third-order valence-corrected chi connectivity index (χ3v) is 5.29. The molecule has 0 atom stereocenters. The fourth-order valence-corrected chi connectivity index (χ4v) is 3.48. The van der Waals surface area contributed by atoms with Gasteiger partial charge in [0.15, 0.2) is 0 Å². The van der Waals surface area contributed by atoms with E-state index < -0.39 is 10.0 Å². The van der Waals surface area contributed by atoms with Crippen LogP contribution in [0.2, 0.25) is 5.02 Å². The topological polar surface area (TPSA) is 88.4 Å². The number of hydrogen-bond acceptors (Lipinski definition) is 4. The van der Waals surface area contributed by atoms with Gasteiger partial charge in [-0.25, -0.2) is 13.1 Å². The zero-order chi connectivity index (χ0) is 17.0. The Hall–Kier alpha value is -1.83. The second-order valence-electron chi connectivity index (χ2n) is 4.81. The highest BCUT2D eigenvalue weighted by atomic mass is 35.5. The van der Waals surface area contributed by atoms with Crippen molar-refractivity contribution in [1.29, 1.82) is 0 Å². The summed E-state index contributed by atoms with van der Waals surface area (Å²) in [6.07, 6.45) is 2.64. The lowest BCUT2D eigenvalue weighted by Crippen LogP contribution is -2.23. The van der Waals surface area contributed by atoms with E-state index in [0.29, 0.717) is 18.4 Å². The Kier molecular flexibility index (Phi) is 5.46. The lowest BCUT2D eigenvalue weighted by molar-refractivity contribution is 0.0962. The van der Waals surface area contributed by atoms with E-state index in [4.69, 9.17) is 16.0 Å². The monoisotopic (exact) mass is 356 g/mol. The molecule has 0 radical (unpaired) electrons. The number of nitrogens with one attached hydrogen (secondary N) is 2. The molecule has 6 nitrogen and oxygen atoms in total. The zero-order valence-corrected chi connectivity index (χ0v) is 14.3. The molecule has 1 aromatic carbocycles. The molecular formula is C15H17ClN2O4S. The number of amides is 1. The van der Waals surface area contributed by atoms with Crippen LogP contribution in [-0.4, -0.2) is 28.4 Å². The molecule has 0 saturated heterocycles. The first kappa shape index (κ1) is 17.5. The van der Waals surface area contributed by atoms with E-state index in [1.807, 2.05) is 6.07 Å². The van der Waals surface area contributed by atoms with Crippen LogP contribution >= 0.6 is 11.6 Å². The van der Waals surface area contributed by atoms with E-state index in [0.717, 1.165) is 5.76 Å². The van der Waals surface area contributed by atoms with Gasteiger partial charge in [-0.05, 0) is 43.3 Å². The van der Waals surface area contributed by atoms with Crippen molar-refractivity contribution >= 4 is 27.5 Å². The standard InChI is InChI=1S/C15H17ClN2O4S/c1-17-15(19)12-9-14(23(20,21)18-2)13(16)8-10(12)5-6-11-4-3-7-22-11/h3-4,7-9,18H,5-6H2,1-2H3,(H,17,19). The SMILES string of the molecule is CNC(=O)c1cc(S(=O)(=O)NC)c(Cl)cc1CCc1ccco1. The molecule has 0 aliphatic rings. The molecule has 1 amide bonds. The maximum Gasteiger partial charge on any atom is 0.251 e. The summed E-state index contributed by atoms with van der Waals surface area (Å²) in [5.74, 6) is 0.402. The first-order valence-corrected chi connectivity index (χ1v) is 8.75. The molecule has 2 rings (SSSR count). The summed E-state index contributed by atoms with van der Waals surface area (Å²) in [7, 11) is -0.975. The third kappa shape index (κ3) is 3.93. The van der Waals surface area contributed by atoms with Gasteiger partial charge >= 0.3 is 0 Å². The predicted octanol–water partition coefficient (Wildman–Crippen LogP) is 1.99. The molecule has 2 N–H and O–H groups in total. The number of aryl methyl sites for hydroxylation is 2. The van der Waals surface area contributed by atoms with Gasteiger partial charge in [0.1, 0.15) is 10.7 Å². The van der Waals surface area contributed by atoms with Gasteiger partial charge in [-0.3, -0.25) is 4.79 Å². The lowest BCUT2D eigenvalue weighted by Gasteiger charge is -2.12. The fraction of sp³-hybridized carbons (Fsp3) is 0.267. The minimum Gasteiger partial charge on any atom is -0.469 e. The van der Waals surface area contributed by atoms with Crippen LogP contribution in [0.3, 0.4) is 0 Å². The van der Waals surface area contributed by atoms with Crippen molar-refractivity contribution < 1.29 is 17.6 Å². The number of carbonyl (C=O) groups is 1. The van der Waals surface area contributed by atoms with Crippen molar-refractivity contribution in [2.45, 2.75) is 17.7 Å². The maximum absolute atomic E-state index is 12.1. The first-order chi connectivity index (χ1) is 10.9. The number of hydrogen-bond donors (Lipinski definition) is 2. The summed E-state index contributed by atoms with van der Waals surface area (Å²) < 4.78 is 31.5. The molecule has 23 heavy (non-hydrogen) atoms. The lowest BCUT2D eigenvalue weighted by atomic mass is 10.0. The molecule has 0 aliphatic heterocycles. The van der Waals surface area contributed by atoms with Crippen LogP contribution in [0, 0.1) is 0 Å². The number of rotatable bonds is 6. The van der Waals surface area contributed by atoms with E-state index in [2.05, 4.69) is 10.0 Å². The molecule has 0 unspecified atom stereocenters. The Labute approximate surface area is 139 Å². The second kappa shape index (κ2) is 7.16. The van der Waals surface area contributed by atoms with Crippen LogP contribution in [0.4, 0.5) is 0 Å². The Morgan fingerprint density at radius 1 is 1.26 bits per heavy atom. The highest BCUT2D eigenvalue weighted by molar-refractivity contribution is 7.89. The molecular weight excluding hydrogens is 340 g/mol. The molecule has 0 bridgehead atoms. The second-order valence-corrected chi connectivity index (χ2v) is 7.07. The van der Waals surface area contributed by atoms with Crippen molar-refractivity contribution in [3.8, 4) is 0 Å². The summed E-state index contributed by atoms with van der Waals surface area (Å²) in [5, 5.41) is 2.58. The highest BCUT2D eigenvalue weighted by Crippen LogP contribution is 2.26. The average Bonchev–Trinajstić information content (AvgIpc) is 3.05. The molecule has 2 aromatic rings. The van der Waals surface area contributed by atoms with Gasteiger partial charge < -0.3 is 9.73 Å². The first-order valence-electron chi connectivity index (χ1n) is 6.89. The molecule has 124 valence electrons. The van der Waals surface area contributed by atoms with Gasteiger partial charge in [-0.1, -0.05) is 11.6 Å². The van der Waals surface area contributed by atoms with Crippen LogP contribution in [0.1, 0.15) is 21.7 Å². The third-order valence-electron chi connectivity index (χ3n) is 3.41. The average molecular weight is 357 g/mol. The number of sulfonamides is 1. The maximum atomic E-state index is 12.1. The minimum absolute atomic E-state index is 0.0708. The van der Waals surface area contributed by atoms with Gasteiger partial charge in [0, 0.05) is 19.0 Å². The van der Waals surface area contributed by atoms with Gasteiger partial charge in [0.2, 0.25) is 10.0 Å². The van der Waals surface area contributed by atoms with Crippen LogP contribution in [0.25, 0.3) is 0 Å². The van der Waals surface area contributed by atoms with Crippen LogP contribution in [0.5, 0.6) is 0 Å². The van der Waals surface area contributed by atoms with Gasteiger partial charge in [0.05, 0.1) is 11.3 Å². The van der Waals surface area contributed by atoms with E-state index in [9.17, 15) is 13.2 Å². The largest absolute Gasteiger partial charge is 0.469 e. The molecule has 0 aliphatic carbocycles. The Bertz CT molecular complexity index is 801. The minimum atomic E-state index is -3.75. The van der Waals surface area contributed by atoms with Crippen molar-refractivity contribution in [3.05, 3.63) is 52.4 Å². The van der Waals surface area contributed by atoms with Gasteiger partial charge in [-0.2, -0.15) is 0 Å². The predicted molar refractivity (Wildman–Crippen MR) is 87.2 cm³/mol. The van der Waals surface area contributed by atoms with Crippen molar-refractivity contribution in [3.63, 3.8) is 0 Å². The van der Waals surface area contributed by atoms with Gasteiger partial charge in [-0.15, -0.1) is 0 Å². The molecule has 1 heterocycles. The van der Waals surface area contributed by atoms with E-state index >= 15 is 0 Å². The van der Waals surface area contributed by atoms with Crippen LogP contribution in [-0.2, 0) is 22.9 Å². The quantitative estimate of drug-likeness (QED) is 0.828. The Balaban J connectivity index is 2.44. The van der Waals surface area contributed by atoms with E-state index in [1.54, 1.807) is 12.3 Å². The van der Waals surface area contributed by atoms with Crippen molar-refractivity contribution in [1.82, 2.24) is 10.0 Å². The smallest absolute Gasteiger partial charge is 0.251 e. The molecule has 8 heteroatoms. The fourth-order valence-electron chi connectivity index (χ4n) is 2.18. The number of furan rings is 1. The van der Waals surface area contributed by atoms with E-state index in [-0.39, 0.29) is 21.4 Å². The number of halogens is 1. The summed E-state index contributed by atoms with van der Waals surface area (Å²) >= 11 is 6.10. The molecule has 0 saturated carbocycles. The number of benzene rings is 1. The molecule has 0 fully saturated rings. The summed E-state index contributed by atoms with van der Waals surface area (Å²) in [6.45, 7) is 0. The Morgan fingerprint density at radius 3 is 2.57 bits per heavy atom. The number of carbonyl (C=O) groups excluding carboxylic acids is 1. The molecule has 1 aromatic heterocycles. The highest BCUT2D eigenvalue weighted by Gasteiger charge is 2.21. The van der Waals surface area contributed by atoms with E-state index in [1.165, 1.54) is 26.2 Å². The van der Waals surface area contributed by atoms with Crippen molar-refractivity contribution in [2.24, 2.45) is 0 Å². The summed E-state index contributed by atoms with van der Waals surface area (Å²) in [6, 6.07) is 6.43. The van der Waals surface area contributed by atoms with Gasteiger partial charge in [0.25, 0.3) is 5.91 Å². The normalized spacial score (nSPS) is 11.4. The van der Waals surface area contributed by atoms with Crippen molar-refractivity contribution in [2.75, 3.05) is 14.1 Å². The molecule has 0 spiro atoms.